The van der Waals surface area contributed by atoms with Crippen LogP contribution in [0.2, 0.25) is 0 Å². The summed E-state index contributed by atoms with van der Waals surface area (Å²) in [6.07, 6.45) is 1.05. The van der Waals surface area contributed by atoms with Gasteiger partial charge in [-0.25, -0.2) is 0 Å². The van der Waals surface area contributed by atoms with Crippen LogP contribution >= 0.6 is 0 Å². The van der Waals surface area contributed by atoms with Gasteiger partial charge in [0.2, 0.25) is 0 Å². The van der Waals surface area contributed by atoms with Gasteiger partial charge in [-0.15, -0.1) is 0 Å². The molecule has 0 amide bonds. The lowest BCUT2D eigenvalue weighted by Crippen LogP contribution is -2.24. The van der Waals surface area contributed by atoms with E-state index in [0.717, 1.165) is 23.5 Å². The second-order valence-corrected chi connectivity index (χ2v) is 6.97. The molecular weight excluding hydrogens is 316 g/mol. The van der Waals surface area contributed by atoms with Crippen molar-refractivity contribution >= 4 is 17.1 Å². The lowest BCUT2D eigenvalue weighted by molar-refractivity contribution is 0.553. The zero-order chi connectivity index (χ0) is 18.5. The van der Waals surface area contributed by atoms with Crippen molar-refractivity contribution in [1.29, 1.82) is 0 Å². The van der Waals surface area contributed by atoms with Gasteiger partial charge in [0.1, 0.15) is 0 Å². The summed E-state index contributed by atoms with van der Waals surface area (Å²) in [5, 5.41) is 0. The Morgan fingerprint density at radius 2 is 1.27 bits per heavy atom. The van der Waals surface area contributed by atoms with Crippen LogP contribution in [0.1, 0.15) is 37.3 Å². The predicted octanol–water partition coefficient (Wildman–Crippen LogP) is 6.31. The zero-order valence-corrected chi connectivity index (χ0v) is 15.9. The minimum Gasteiger partial charge on any atom is -0.327 e. The molecule has 3 aromatic rings. The van der Waals surface area contributed by atoms with Crippen molar-refractivity contribution in [2.75, 3.05) is 4.90 Å². The zero-order valence-electron chi connectivity index (χ0n) is 15.9. The first kappa shape index (κ1) is 18.2. The fourth-order valence-electron chi connectivity index (χ4n) is 3.50. The molecule has 0 aromatic heterocycles. The highest BCUT2D eigenvalue weighted by atomic mass is 15.1. The van der Waals surface area contributed by atoms with Crippen molar-refractivity contribution in [2.24, 2.45) is 5.73 Å². The highest BCUT2D eigenvalue weighted by Gasteiger charge is 2.16. The van der Waals surface area contributed by atoms with E-state index in [0.29, 0.717) is 5.92 Å². The van der Waals surface area contributed by atoms with Gasteiger partial charge < -0.3 is 10.6 Å². The smallest absolute Gasteiger partial charge is 0.0461 e. The first-order valence-corrected chi connectivity index (χ1v) is 9.37. The molecule has 0 aliphatic carbocycles. The summed E-state index contributed by atoms with van der Waals surface area (Å²) in [4.78, 5) is 2.29. The summed E-state index contributed by atoms with van der Waals surface area (Å²) in [5.74, 6) is 0.397. The molecule has 0 spiro atoms. The number of hydrogen-bond donors (Lipinski definition) is 1. The average molecular weight is 345 g/mol. The third-order valence-electron chi connectivity index (χ3n) is 4.96. The van der Waals surface area contributed by atoms with Crippen LogP contribution in [0.4, 0.5) is 17.1 Å². The number of hydrogen-bond acceptors (Lipinski definition) is 2. The summed E-state index contributed by atoms with van der Waals surface area (Å²) in [6.45, 7) is 6.40. The number of anilines is 3. The molecule has 0 saturated heterocycles. The SMILES string of the molecule is CCC(c1ccc(N(c2ccccc2)c2ccc(C)cc2)cc1)C(C)N. The van der Waals surface area contributed by atoms with Crippen LogP contribution in [0.3, 0.4) is 0 Å². The van der Waals surface area contributed by atoms with Gasteiger partial charge in [0.25, 0.3) is 0 Å². The molecular formula is C24H28N2. The summed E-state index contributed by atoms with van der Waals surface area (Å²) in [6, 6.07) is 28.2. The van der Waals surface area contributed by atoms with E-state index in [1.807, 2.05) is 0 Å². The summed E-state index contributed by atoms with van der Waals surface area (Å²) in [7, 11) is 0. The summed E-state index contributed by atoms with van der Waals surface area (Å²) >= 11 is 0. The summed E-state index contributed by atoms with van der Waals surface area (Å²) < 4.78 is 0. The molecule has 0 fully saturated rings. The molecule has 0 bridgehead atoms. The Bertz CT molecular complexity index is 805. The Hall–Kier alpha value is -2.58. The maximum absolute atomic E-state index is 6.16. The number of nitrogens with zero attached hydrogens (tertiary/aromatic N) is 1. The number of aryl methyl sites for hydroxylation is 1. The number of rotatable bonds is 6. The molecule has 0 radical (unpaired) electrons. The molecule has 0 heterocycles. The standard InChI is InChI=1S/C24H28N2/c1-4-24(19(3)25)20-12-16-23(17-13-20)26(21-8-6-5-7-9-21)22-14-10-18(2)11-15-22/h5-17,19,24H,4,25H2,1-3H3. The third-order valence-corrected chi connectivity index (χ3v) is 4.96. The van der Waals surface area contributed by atoms with Crippen LogP contribution in [-0.4, -0.2) is 6.04 Å². The van der Waals surface area contributed by atoms with E-state index in [4.69, 9.17) is 5.73 Å². The van der Waals surface area contributed by atoms with Crippen LogP contribution < -0.4 is 10.6 Å². The Morgan fingerprint density at radius 3 is 1.77 bits per heavy atom. The predicted molar refractivity (Wildman–Crippen MR) is 113 cm³/mol. The second kappa shape index (κ2) is 8.20. The molecule has 26 heavy (non-hydrogen) atoms. The van der Waals surface area contributed by atoms with Crippen LogP contribution in [-0.2, 0) is 0 Å². The molecule has 2 unspecified atom stereocenters. The first-order chi connectivity index (χ1) is 12.6. The average Bonchev–Trinajstić information content (AvgIpc) is 2.66. The molecule has 0 saturated carbocycles. The lowest BCUT2D eigenvalue weighted by atomic mass is 9.90. The van der Waals surface area contributed by atoms with Crippen molar-refractivity contribution < 1.29 is 0 Å². The van der Waals surface area contributed by atoms with Crippen molar-refractivity contribution in [3.63, 3.8) is 0 Å². The Morgan fingerprint density at radius 1 is 0.769 bits per heavy atom. The van der Waals surface area contributed by atoms with E-state index < -0.39 is 0 Å². The lowest BCUT2D eigenvalue weighted by Gasteiger charge is -2.26. The van der Waals surface area contributed by atoms with E-state index in [1.54, 1.807) is 0 Å². The molecule has 134 valence electrons. The van der Waals surface area contributed by atoms with E-state index >= 15 is 0 Å². The molecule has 2 N–H and O–H groups in total. The molecule has 0 aliphatic heterocycles. The molecule has 0 aliphatic rings. The normalized spacial score (nSPS) is 13.2. The Labute approximate surface area is 157 Å². The molecule has 2 heteroatoms. The van der Waals surface area contributed by atoms with Crippen LogP contribution in [0, 0.1) is 6.92 Å². The first-order valence-electron chi connectivity index (χ1n) is 9.37. The van der Waals surface area contributed by atoms with Crippen molar-refractivity contribution in [3.05, 3.63) is 90.0 Å². The van der Waals surface area contributed by atoms with Gasteiger partial charge in [-0.2, -0.15) is 0 Å². The monoisotopic (exact) mass is 344 g/mol. The number of benzene rings is 3. The largest absolute Gasteiger partial charge is 0.327 e. The van der Waals surface area contributed by atoms with Crippen LogP contribution in [0.25, 0.3) is 0 Å². The quantitative estimate of drug-likeness (QED) is 0.568. The highest BCUT2D eigenvalue weighted by molar-refractivity contribution is 5.76. The molecule has 2 nitrogen and oxygen atoms in total. The fourth-order valence-corrected chi connectivity index (χ4v) is 3.50. The Kier molecular flexibility index (Phi) is 5.75. The van der Waals surface area contributed by atoms with Gasteiger partial charge in [0.15, 0.2) is 0 Å². The highest BCUT2D eigenvalue weighted by Crippen LogP contribution is 2.35. The third kappa shape index (κ3) is 3.97. The number of para-hydroxylation sites is 1. The summed E-state index contributed by atoms with van der Waals surface area (Å²) in [5.41, 5.74) is 12.2. The minimum atomic E-state index is 0.160. The minimum absolute atomic E-state index is 0.160. The molecule has 3 rings (SSSR count). The Balaban J connectivity index is 2.01. The van der Waals surface area contributed by atoms with Gasteiger partial charge in [0.05, 0.1) is 0 Å². The van der Waals surface area contributed by atoms with E-state index in [9.17, 15) is 0 Å². The molecule has 2 atom stereocenters. The van der Waals surface area contributed by atoms with Gasteiger partial charge >= 0.3 is 0 Å². The van der Waals surface area contributed by atoms with Gasteiger partial charge in [-0.1, -0.05) is 55.0 Å². The van der Waals surface area contributed by atoms with Crippen LogP contribution in [0.5, 0.6) is 0 Å². The van der Waals surface area contributed by atoms with E-state index in [2.05, 4.69) is 105 Å². The number of nitrogens with two attached hydrogens (primary N) is 1. The molecule has 3 aromatic carbocycles. The van der Waals surface area contributed by atoms with Gasteiger partial charge in [-0.05, 0) is 68.1 Å². The van der Waals surface area contributed by atoms with Crippen molar-refractivity contribution in [1.82, 2.24) is 0 Å². The topological polar surface area (TPSA) is 29.3 Å². The second-order valence-electron chi connectivity index (χ2n) is 6.97. The maximum atomic E-state index is 6.16. The van der Waals surface area contributed by atoms with Crippen molar-refractivity contribution in [3.8, 4) is 0 Å². The van der Waals surface area contributed by atoms with Gasteiger partial charge in [-0.3, -0.25) is 0 Å². The van der Waals surface area contributed by atoms with Gasteiger partial charge in [0, 0.05) is 23.1 Å². The van der Waals surface area contributed by atoms with E-state index in [-0.39, 0.29) is 6.04 Å². The maximum Gasteiger partial charge on any atom is 0.0461 e. The van der Waals surface area contributed by atoms with Crippen LogP contribution in [0.15, 0.2) is 78.9 Å². The van der Waals surface area contributed by atoms with Crippen molar-refractivity contribution in [2.45, 2.75) is 39.2 Å². The van der Waals surface area contributed by atoms with E-state index in [1.165, 1.54) is 11.1 Å². The fraction of sp³-hybridized carbons (Fsp3) is 0.250.